The molecule has 0 bridgehead atoms. The minimum absolute atomic E-state index is 0.0560. The zero-order valence-electron chi connectivity index (χ0n) is 12.5. The van der Waals surface area contributed by atoms with Crippen molar-refractivity contribution in [2.24, 2.45) is 0 Å². The number of sulfonamides is 1. The van der Waals surface area contributed by atoms with Gasteiger partial charge in [-0.25, -0.2) is 8.42 Å². The Balaban J connectivity index is 3.35. The van der Waals surface area contributed by atoms with Gasteiger partial charge in [0.1, 0.15) is 10.6 Å². The second-order valence-electron chi connectivity index (χ2n) is 4.60. The van der Waals surface area contributed by atoms with Crippen LogP contribution >= 0.6 is 11.6 Å². The molecule has 0 saturated heterocycles. The van der Waals surface area contributed by atoms with Crippen molar-refractivity contribution in [3.63, 3.8) is 0 Å². The molecule has 120 valence electrons. The van der Waals surface area contributed by atoms with E-state index in [-0.39, 0.29) is 29.8 Å². The number of hydrogen-bond acceptors (Lipinski definition) is 4. The summed E-state index contributed by atoms with van der Waals surface area (Å²) in [7, 11) is -2.36. The molecule has 0 saturated carbocycles. The molecule has 1 N–H and O–H groups in total. The molecule has 21 heavy (non-hydrogen) atoms. The summed E-state index contributed by atoms with van der Waals surface area (Å²) in [6, 6.07) is 4.26. The van der Waals surface area contributed by atoms with E-state index < -0.39 is 10.0 Å². The molecule has 0 aliphatic rings. The maximum atomic E-state index is 12.9. The Morgan fingerprint density at radius 2 is 1.95 bits per heavy atom. The van der Waals surface area contributed by atoms with Crippen molar-refractivity contribution in [2.75, 3.05) is 20.3 Å². The van der Waals surface area contributed by atoms with E-state index in [4.69, 9.17) is 16.3 Å². The number of nitrogens with zero attached hydrogens (tertiary/aromatic N) is 1. The summed E-state index contributed by atoms with van der Waals surface area (Å²) < 4.78 is 32.2. The Hall–Kier alpha value is -0.820. The summed E-state index contributed by atoms with van der Waals surface area (Å²) in [4.78, 5) is 0.0646. The van der Waals surface area contributed by atoms with Crippen LogP contribution in [0.15, 0.2) is 23.1 Å². The minimum atomic E-state index is -3.76. The second-order valence-corrected chi connectivity index (χ2v) is 6.90. The quantitative estimate of drug-likeness (QED) is 0.792. The summed E-state index contributed by atoms with van der Waals surface area (Å²) in [5.74, 6) is 0.205. The molecule has 1 aromatic rings. The molecule has 0 aromatic heterocycles. The number of rotatable bonds is 8. The first-order chi connectivity index (χ1) is 9.92. The van der Waals surface area contributed by atoms with Gasteiger partial charge in [-0.1, -0.05) is 25.4 Å². The number of halogens is 1. The standard InChI is InChI=1S/C14H22ClNO4S/c1-4-12(5-2)16(8-9-17)21(18,19)14-7-6-11(15)10-13(14)20-3/h6-7,10,12,17H,4-5,8-9H2,1-3H3. The Morgan fingerprint density at radius 3 is 2.43 bits per heavy atom. The predicted octanol–water partition coefficient (Wildman–Crippen LogP) is 2.52. The van der Waals surface area contributed by atoms with Gasteiger partial charge in [0.05, 0.1) is 13.7 Å². The molecular formula is C14H22ClNO4S. The zero-order chi connectivity index (χ0) is 16.0. The monoisotopic (exact) mass is 335 g/mol. The van der Waals surface area contributed by atoms with Crippen molar-refractivity contribution in [3.05, 3.63) is 23.2 Å². The van der Waals surface area contributed by atoms with Crippen molar-refractivity contribution in [1.29, 1.82) is 0 Å². The second kappa shape index (κ2) is 7.98. The average molecular weight is 336 g/mol. The lowest BCUT2D eigenvalue weighted by Gasteiger charge is -2.29. The van der Waals surface area contributed by atoms with Gasteiger partial charge in [-0.15, -0.1) is 0 Å². The van der Waals surface area contributed by atoms with Crippen LogP contribution in [0.5, 0.6) is 5.75 Å². The fraction of sp³-hybridized carbons (Fsp3) is 0.571. The van der Waals surface area contributed by atoms with E-state index in [9.17, 15) is 13.5 Å². The van der Waals surface area contributed by atoms with Gasteiger partial charge in [0.15, 0.2) is 0 Å². The number of methoxy groups -OCH3 is 1. The number of benzene rings is 1. The molecule has 0 fully saturated rings. The zero-order valence-corrected chi connectivity index (χ0v) is 14.1. The maximum absolute atomic E-state index is 12.9. The lowest BCUT2D eigenvalue weighted by Crippen LogP contribution is -2.41. The SMILES string of the molecule is CCC(CC)N(CCO)S(=O)(=O)c1ccc(Cl)cc1OC. The molecule has 7 heteroatoms. The number of hydrogen-bond donors (Lipinski definition) is 1. The first kappa shape index (κ1) is 18.2. The largest absolute Gasteiger partial charge is 0.495 e. The van der Waals surface area contributed by atoms with Gasteiger partial charge in [-0.2, -0.15) is 4.31 Å². The normalized spacial score (nSPS) is 12.1. The van der Waals surface area contributed by atoms with Crippen molar-refractivity contribution < 1.29 is 18.3 Å². The van der Waals surface area contributed by atoms with E-state index >= 15 is 0 Å². The summed E-state index contributed by atoms with van der Waals surface area (Å²) >= 11 is 5.88. The molecule has 0 aliphatic heterocycles. The van der Waals surface area contributed by atoms with Gasteiger partial charge < -0.3 is 9.84 Å². The van der Waals surface area contributed by atoms with Crippen LogP contribution in [-0.2, 0) is 10.0 Å². The molecule has 0 radical (unpaired) electrons. The predicted molar refractivity (Wildman–Crippen MR) is 83.4 cm³/mol. The van der Waals surface area contributed by atoms with Crippen LogP contribution in [-0.4, -0.2) is 44.1 Å². The van der Waals surface area contributed by atoms with Crippen LogP contribution in [0.2, 0.25) is 5.02 Å². The molecular weight excluding hydrogens is 314 g/mol. The van der Waals surface area contributed by atoms with Crippen LogP contribution < -0.4 is 4.74 Å². The van der Waals surface area contributed by atoms with Gasteiger partial charge in [0, 0.05) is 23.7 Å². The Bertz CT molecular complexity index is 558. The first-order valence-electron chi connectivity index (χ1n) is 6.88. The topological polar surface area (TPSA) is 66.8 Å². The maximum Gasteiger partial charge on any atom is 0.247 e. The van der Waals surface area contributed by atoms with Gasteiger partial charge in [0.2, 0.25) is 10.0 Å². The molecule has 0 heterocycles. The Morgan fingerprint density at radius 1 is 1.33 bits per heavy atom. The molecule has 5 nitrogen and oxygen atoms in total. The number of aliphatic hydroxyl groups is 1. The summed E-state index contributed by atoms with van der Waals surface area (Å²) in [6.45, 7) is 3.67. The summed E-state index contributed by atoms with van der Waals surface area (Å²) in [5, 5.41) is 9.60. The van der Waals surface area contributed by atoms with Crippen molar-refractivity contribution in [2.45, 2.75) is 37.6 Å². The van der Waals surface area contributed by atoms with Crippen molar-refractivity contribution in [3.8, 4) is 5.75 Å². The van der Waals surface area contributed by atoms with Gasteiger partial charge in [-0.05, 0) is 25.0 Å². The third-order valence-electron chi connectivity index (χ3n) is 3.38. The van der Waals surface area contributed by atoms with Gasteiger partial charge in [-0.3, -0.25) is 0 Å². The third-order valence-corrected chi connectivity index (χ3v) is 5.61. The lowest BCUT2D eigenvalue weighted by atomic mass is 10.2. The minimum Gasteiger partial charge on any atom is -0.495 e. The summed E-state index contributed by atoms with van der Waals surface area (Å²) in [5.41, 5.74) is 0. The molecule has 0 spiro atoms. The van der Waals surface area contributed by atoms with E-state index in [1.165, 1.54) is 29.6 Å². The summed E-state index contributed by atoms with van der Waals surface area (Å²) in [6.07, 6.45) is 1.34. The van der Waals surface area contributed by atoms with Crippen LogP contribution in [0.25, 0.3) is 0 Å². The van der Waals surface area contributed by atoms with Gasteiger partial charge in [0.25, 0.3) is 0 Å². The highest BCUT2D eigenvalue weighted by Crippen LogP contribution is 2.31. The fourth-order valence-electron chi connectivity index (χ4n) is 2.27. The average Bonchev–Trinajstić information content (AvgIpc) is 2.47. The molecule has 1 rings (SSSR count). The highest BCUT2D eigenvalue weighted by atomic mass is 35.5. The molecule has 0 unspecified atom stereocenters. The van der Waals surface area contributed by atoms with E-state index in [2.05, 4.69) is 0 Å². The van der Waals surface area contributed by atoms with E-state index in [0.29, 0.717) is 17.9 Å². The van der Waals surface area contributed by atoms with Crippen LogP contribution in [0.1, 0.15) is 26.7 Å². The molecule has 0 atom stereocenters. The fourth-order valence-corrected chi connectivity index (χ4v) is 4.34. The third kappa shape index (κ3) is 4.10. The lowest BCUT2D eigenvalue weighted by molar-refractivity contribution is 0.219. The number of ether oxygens (including phenoxy) is 1. The smallest absolute Gasteiger partial charge is 0.247 e. The van der Waals surface area contributed by atoms with E-state index in [1.807, 2.05) is 13.8 Å². The van der Waals surface area contributed by atoms with Gasteiger partial charge >= 0.3 is 0 Å². The number of aliphatic hydroxyl groups excluding tert-OH is 1. The van der Waals surface area contributed by atoms with Crippen LogP contribution in [0.3, 0.4) is 0 Å². The van der Waals surface area contributed by atoms with Crippen LogP contribution in [0, 0.1) is 0 Å². The van der Waals surface area contributed by atoms with E-state index in [1.54, 1.807) is 0 Å². The van der Waals surface area contributed by atoms with Crippen molar-refractivity contribution in [1.82, 2.24) is 4.31 Å². The Kier molecular flexibility index (Phi) is 6.93. The molecule has 0 amide bonds. The molecule has 1 aromatic carbocycles. The van der Waals surface area contributed by atoms with E-state index in [0.717, 1.165) is 0 Å². The highest BCUT2D eigenvalue weighted by Gasteiger charge is 2.31. The highest BCUT2D eigenvalue weighted by molar-refractivity contribution is 7.89. The molecule has 0 aliphatic carbocycles. The van der Waals surface area contributed by atoms with Crippen molar-refractivity contribution >= 4 is 21.6 Å². The first-order valence-corrected chi connectivity index (χ1v) is 8.70. The Labute approximate surface area is 131 Å². The van der Waals surface area contributed by atoms with Crippen LogP contribution in [0.4, 0.5) is 0 Å².